The smallest absolute Gasteiger partial charge is 0.335 e. The van der Waals surface area contributed by atoms with Gasteiger partial charge in [0.25, 0.3) is 0 Å². The summed E-state index contributed by atoms with van der Waals surface area (Å²) in [4.78, 5) is 10.6. The summed E-state index contributed by atoms with van der Waals surface area (Å²) in [5.74, 6) is -0.0834. The van der Waals surface area contributed by atoms with Crippen LogP contribution in [0.4, 0.5) is 5.69 Å². The zero-order valence-electron chi connectivity index (χ0n) is 8.51. The van der Waals surface area contributed by atoms with Gasteiger partial charge in [0.15, 0.2) is 0 Å². The summed E-state index contributed by atoms with van der Waals surface area (Å²) in [7, 11) is 0. The van der Waals surface area contributed by atoms with Crippen LogP contribution >= 0.6 is 0 Å². The van der Waals surface area contributed by atoms with E-state index in [1.54, 1.807) is 30.5 Å². The van der Waals surface area contributed by atoms with E-state index in [-0.39, 0.29) is 5.56 Å². The normalized spacial score (nSPS) is 10.0. The van der Waals surface area contributed by atoms with Crippen molar-refractivity contribution in [3.05, 3.63) is 54.0 Å². The van der Waals surface area contributed by atoms with E-state index in [2.05, 4.69) is 5.32 Å². The van der Waals surface area contributed by atoms with Crippen LogP contribution in [0.3, 0.4) is 0 Å². The average Bonchev–Trinajstić information content (AvgIpc) is 2.80. The van der Waals surface area contributed by atoms with E-state index in [0.29, 0.717) is 6.54 Å². The number of hydrogen-bond donors (Lipinski definition) is 2. The number of hydrogen-bond acceptors (Lipinski definition) is 3. The van der Waals surface area contributed by atoms with E-state index in [1.165, 1.54) is 0 Å². The number of carbonyl (C=O) groups is 1. The van der Waals surface area contributed by atoms with Crippen LogP contribution in [-0.4, -0.2) is 11.1 Å². The second kappa shape index (κ2) is 4.53. The maximum atomic E-state index is 10.6. The van der Waals surface area contributed by atoms with Crippen molar-refractivity contribution in [3.63, 3.8) is 0 Å². The summed E-state index contributed by atoms with van der Waals surface area (Å²) in [6.45, 7) is 0.583. The van der Waals surface area contributed by atoms with Crippen molar-refractivity contribution < 1.29 is 14.3 Å². The van der Waals surface area contributed by atoms with E-state index >= 15 is 0 Å². The van der Waals surface area contributed by atoms with Crippen LogP contribution in [0.1, 0.15) is 16.1 Å². The molecule has 0 unspecified atom stereocenters. The minimum absolute atomic E-state index is 0.281. The minimum atomic E-state index is -0.919. The summed E-state index contributed by atoms with van der Waals surface area (Å²) in [5, 5.41) is 11.8. The van der Waals surface area contributed by atoms with E-state index in [9.17, 15) is 4.79 Å². The second-order valence-corrected chi connectivity index (χ2v) is 3.32. The first-order valence-corrected chi connectivity index (χ1v) is 4.85. The standard InChI is InChI=1S/C12H11NO3/c14-12(15)9-3-5-10(6-4-9)13-8-11-2-1-7-16-11/h1-7,13H,8H2,(H,14,15). The fourth-order valence-electron chi connectivity index (χ4n) is 1.33. The van der Waals surface area contributed by atoms with Gasteiger partial charge in [-0.1, -0.05) is 0 Å². The summed E-state index contributed by atoms with van der Waals surface area (Å²) in [6.07, 6.45) is 1.62. The first-order chi connectivity index (χ1) is 7.75. The molecule has 2 N–H and O–H groups in total. The van der Waals surface area contributed by atoms with Crippen LogP contribution in [0.15, 0.2) is 47.1 Å². The van der Waals surface area contributed by atoms with Gasteiger partial charge in [0.2, 0.25) is 0 Å². The van der Waals surface area contributed by atoms with Crippen molar-refractivity contribution >= 4 is 11.7 Å². The number of rotatable bonds is 4. The number of benzene rings is 1. The quantitative estimate of drug-likeness (QED) is 0.826. The average molecular weight is 217 g/mol. The lowest BCUT2D eigenvalue weighted by Gasteiger charge is -2.04. The highest BCUT2D eigenvalue weighted by atomic mass is 16.4. The van der Waals surface area contributed by atoms with Gasteiger partial charge in [-0.25, -0.2) is 4.79 Å². The molecule has 1 aromatic carbocycles. The van der Waals surface area contributed by atoms with Crippen LogP contribution in [0, 0.1) is 0 Å². The fraction of sp³-hybridized carbons (Fsp3) is 0.0833. The molecule has 0 saturated heterocycles. The molecular formula is C12H11NO3. The molecule has 0 bridgehead atoms. The molecule has 0 spiro atoms. The summed E-state index contributed by atoms with van der Waals surface area (Å²) >= 11 is 0. The minimum Gasteiger partial charge on any atom is -0.478 e. The molecule has 0 aliphatic rings. The lowest BCUT2D eigenvalue weighted by Crippen LogP contribution is -1.99. The molecule has 0 amide bonds. The van der Waals surface area contributed by atoms with Crippen LogP contribution in [-0.2, 0) is 6.54 Å². The Hall–Kier alpha value is -2.23. The molecule has 1 aromatic heterocycles. The predicted octanol–water partition coefficient (Wildman–Crippen LogP) is 2.59. The first kappa shape index (κ1) is 10.3. The van der Waals surface area contributed by atoms with Gasteiger partial charge in [-0.2, -0.15) is 0 Å². The van der Waals surface area contributed by atoms with Gasteiger partial charge >= 0.3 is 5.97 Å². The third kappa shape index (κ3) is 2.42. The highest BCUT2D eigenvalue weighted by Gasteiger charge is 2.01. The Morgan fingerprint density at radius 1 is 1.25 bits per heavy atom. The topological polar surface area (TPSA) is 62.5 Å². The highest BCUT2D eigenvalue weighted by Crippen LogP contribution is 2.11. The number of carboxylic acids is 1. The molecular weight excluding hydrogens is 206 g/mol. The third-order valence-electron chi connectivity index (χ3n) is 2.18. The summed E-state index contributed by atoms with van der Waals surface area (Å²) in [6, 6.07) is 10.3. The molecule has 0 aliphatic heterocycles. The third-order valence-corrected chi connectivity index (χ3v) is 2.18. The van der Waals surface area contributed by atoms with Crippen molar-refractivity contribution in [2.45, 2.75) is 6.54 Å². The van der Waals surface area contributed by atoms with E-state index in [0.717, 1.165) is 11.4 Å². The molecule has 4 nitrogen and oxygen atoms in total. The highest BCUT2D eigenvalue weighted by molar-refractivity contribution is 5.87. The monoisotopic (exact) mass is 217 g/mol. The Labute approximate surface area is 92.5 Å². The number of nitrogens with one attached hydrogen (secondary N) is 1. The molecule has 0 fully saturated rings. The Bertz CT molecular complexity index is 460. The van der Waals surface area contributed by atoms with Crippen molar-refractivity contribution in [1.29, 1.82) is 0 Å². The van der Waals surface area contributed by atoms with E-state index < -0.39 is 5.97 Å². The largest absolute Gasteiger partial charge is 0.478 e. The molecule has 0 radical (unpaired) electrons. The molecule has 2 aromatic rings. The number of carboxylic acid groups (broad SMARTS) is 1. The number of anilines is 1. The molecule has 0 atom stereocenters. The molecule has 1 heterocycles. The first-order valence-electron chi connectivity index (χ1n) is 4.85. The van der Waals surface area contributed by atoms with E-state index in [1.807, 2.05) is 12.1 Å². The van der Waals surface area contributed by atoms with Crippen molar-refractivity contribution in [2.75, 3.05) is 5.32 Å². The molecule has 82 valence electrons. The number of aromatic carboxylic acids is 1. The molecule has 4 heteroatoms. The van der Waals surface area contributed by atoms with E-state index in [4.69, 9.17) is 9.52 Å². The van der Waals surface area contributed by atoms with Crippen molar-refractivity contribution in [1.82, 2.24) is 0 Å². The second-order valence-electron chi connectivity index (χ2n) is 3.32. The maximum Gasteiger partial charge on any atom is 0.335 e. The lowest BCUT2D eigenvalue weighted by atomic mass is 10.2. The zero-order chi connectivity index (χ0) is 11.4. The Balaban J connectivity index is 1.98. The van der Waals surface area contributed by atoms with Crippen LogP contribution in [0.25, 0.3) is 0 Å². The Kier molecular flexibility index (Phi) is 2.91. The van der Waals surface area contributed by atoms with Gasteiger partial charge in [0, 0.05) is 5.69 Å². The van der Waals surface area contributed by atoms with Gasteiger partial charge in [0.1, 0.15) is 5.76 Å². The zero-order valence-corrected chi connectivity index (χ0v) is 8.51. The Morgan fingerprint density at radius 2 is 2.00 bits per heavy atom. The number of furan rings is 1. The van der Waals surface area contributed by atoms with Crippen molar-refractivity contribution in [2.24, 2.45) is 0 Å². The van der Waals surface area contributed by atoms with Gasteiger partial charge in [-0.15, -0.1) is 0 Å². The van der Waals surface area contributed by atoms with Gasteiger partial charge in [-0.05, 0) is 36.4 Å². The van der Waals surface area contributed by atoms with Gasteiger partial charge < -0.3 is 14.8 Å². The maximum absolute atomic E-state index is 10.6. The summed E-state index contributed by atoms with van der Waals surface area (Å²) < 4.78 is 5.16. The van der Waals surface area contributed by atoms with Gasteiger partial charge in [0.05, 0.1) is 18.4 Å². The molecule has 0 aliphatic carbocycles. The predicted molar refractivity (Wildman–Crippen MR) is 59.4 cm³/mol. The van der Waals surface area contributed by atoms with Gasteiger partial charge in [-0.3, -0.25) is 0 Å². The summed E-state index contributed by atoms with van der Waals surface area (Å²) in [5.41, 5.74) is 1.14. The van der Waals surface area contributed by atoms with Crippen LogP contribution in [0.5, 0.6) is 0 Å². The van der Waals surface area contributed by atoms with Crippen LogP contribution in [0.2, 0.25) is 0 Å². The van der Waals surface area contributed by atoms with Crippen molar-refractivity contribution in [3.8, 4) is 0 Å². The molecule has 0 saturated carbocycles. The SMILES string of the molecule is O=C(O)c1ccc(NCc2ccco2)cc1. The lowest BCUT2D eigenvalue weighted by molar-refractivity contribution is 0.0697. The Morgan fingerprint density at radius 3 is 2.56 bits per heavy atom. The molecule has 16 heavy (non-hydrogen) atoms. The fourth-order valence-corrected chi connectivity index (χ4v) is 1.33. The molecule has 2 rings (SSSR count). The van der Waals surface area contributed by atoms with Crippen LogP contribution < -0.4 is 5.32 Å².